The highest BCUT2D eigenvalue weighted by atomic mass is 35.5. The number of carbonyl (C=O) groups excluding carboxylic acids is 2. The molecule has 2 N–H and O–H groups in total. The first-order chi connectivity index (χ1) is 20.7. The number of piperazine rings is 1. The first-order valence-corrected chi connectivity index (χ1v) is 17.0. The number of carbonyl (C=O) groups is 2. The molecule has 2 heterocycles. The summed E-state index contributed by atoms with van der Waals surface area (Å²) in [6.07, 6.45) is 3.58. The second-order valence-corrected chi connectivity index (χ2v) is 13.8. The molecule has 8 nitrogen and oxygen atoms in total. The van der Waals surface area contributed by atoms with Gasteiger partial charge in [-0.15, -0.1) is 0 Å². The highest BCUT2D eigenvalue weighted by Crippen LogP contribution is 2.31. The van der Waals surface area contributed by atoms with Gasteiger partial charge in [0.2, 0.25) is 15.9 Å². The van der Waals surface area contributed by atoms with Gasteiger partial charge in [-0.3, -0.25) is 14.5 Å². The minimum Gasteiger partial charge on any atom is -0.325 e. The molecular formula is C33H39ClN4O4S. The van der Waals surface area contributed by atoms with Gasteiger partial charge in [0.05, 0.1) is 11.8 Å². The van der Waals surface area contributed by atoms with E-state index in [1.54, 1.807) is 28.6 Å². The Labute approximate surface area is 259 Å². The average molecular weight is 623 g/mol. The highest BCUT2D eigenvalue weighted by Gasteiger charge is 2.26. The van der Waals surface area contributed by atoms with E-state index in [9.17, 15) is 18.0 Å². The van der Waals surface area contributed by atoms with Crippen molar-refractivity contribution in [1.29, 1.82) is 0 Å². The molecule has 5 rings (SSSR count). The van der Waals surface area contributed by atoms with Crippen LogP contribution in [0.4, 0.5) is 5.69 Å². The van der Waals surface area contributed by atoms with Crippen molar-refractivity contribution in [1.82, 2.24) is 14.5 Å². The van der Waals surface area contributed by atoms with Gasteiger partial charge in [-0.25, -0.2) is 8.42 Å². The van der Waals surface area contributed by atoms with E-state index in [0.717, 1.165) is 42.5 Å². The van der Waals surface area contributed by atoms with Crippen LogP contribution in [0, 0.1) is 0 Å². The van der Waals surface area contributed by atoms with Crippen LogP contribution < -0.4 is 10.6 Å². The monoisotopic (exact) mass is 622 g/mol. The molecule has 0 aliphatic carbocycles. The van der Waals surface area contributed by atoms with Crippen LogP contribution in [0.15, 0.2) is 66.7 Å². The number of hydrogen-bond donors (Lipinski definition) is 2. The van der Waals surface area contributed by atoms with Crippen molar-refractivity contribution in [3.05, 3.63) is 88.4 Å². The Bertz CT molecular complexity index is 1530. The molecule has 0 bridgehead atoms. The van der Waals surface area contributed by atoms with Gasteiger partial charge in [0.25, 0.3) is 0 Å². The Balaban J connectivity index is 1.18. The fraction of sp³-hybridized carbons (Fsp3) is 0.394. The summed E-state index contributed by atoms with van der Waals surface area (Å²) in [4.78, 5) is 28.1. The van der Waals surface area contributed by atoms with Gasteiger partial charge < -0.3 is 10.6 Å². The fourth-order valence-electron chi connectivity index (χ4n) is 5.67. The zero-order valence-corrected chi connectivity index (χ0v) is 26.1. The second kappa shape index (κ2) is 14.1. The summed E-state index contributed by atoms with van der Waals surface area (Å²) < 4.78 is 26.2. The summed E-state index contributed by atoms with van der Waals surface area (Å²) in [6.45, 7) is 5.84. The van der Waals surface area contributed by atoms with Crippen LogP contribution in [0.2, 0.25) is 5.02 Å². The number of nitrogens with zero attached hydrogens (tertiary/aromatic N) is 2. The first kappa shape index (κ1) is 31.3. The standard InChI is InChI=1S/C33H39ClN4O4S/c1-2-21-43(41,42)38-19-17-37(18-20-38)23-24-6-8-26(9-7-24)32(39)27-12-10-25(11-13-27)29-22-28(14-15-30(29)34)36-33(40)31-5-3-4-16-35-31/h6-15,22,31,35H,2-5,16-21,23H2,1H3,(H,36,40)/t31-/m1/s1. The molecule has 2 fully saturated rings. The Hall–Kier alpha value is -3.08. The van der Waals surface area contributed by atoms with Gasteiger partial charge in [-0.05, 0) is 55.1 Å². The van der Waals surface area contributed by atoms with Crippen molar-refractivity contribution in [2.75, 3.05) is 43.8 Å². The van der Waals surface area contributed by atoms with Crippen LogP contribution in [0.5, 0.6) is 0 Å². The average Bonchev–Trinajstić information content (AvgIpc) is 3.03. The van der Waals surface area contributed by atoms with E-state index in [1.807, 2.05) is 49.4 Å². The molecule has 0 aromatic heterocycles. The lowest BCUT2D eigenvalue weighted by Crippen LogP contribution is -2.48. The van der Waals surface area contributed by atoms with Gasteiger partial charge >= 0.3 is 0 Å². The zero-order valence-electron chi connectivity index (χ0n) is 24.5. The molecule has 1 amide bonds. The van der Waals surface area contributed by atoms with E-state index in [2.05, 4.69) is 15.5 Å². The molecule has 0 saturated carbocycles. The highest BCUT2D eigenvalue weighted by molar-refractivity contribution is 7.89. The molecule has 2 aliphatic heterocycles. The maximum absolute atomic E-state index is 13.2. The van der Waals surface area contributed by atoms with Crippen molar-refractivity contribution >= 4 is 39.0 Å². The molecule has 0 spiro atoms. The van der Waals surface area contributed by atoms with Crippen molar-refractivity contribution in [2.24, 2.45) is 0 Å². The summed E-state index contributed by atoms with van der Waals surface area (Å²) in [5, 5.41) is 6.83. The number of benzene rings is 3. The third-order valence-corrected chi connectivity index (χ3v) is 10.5. The number of amides is 1. The number of sulfonamides is 1. The van der Waals surface area contributed by atoms with Gasteiger partial charge in [-0.1, -0.05) is 73.5 Å². The Morgan fingerprint density at radius 2 is 1.60 bits per heavy atom. The van der Waals surface area contributed by atoms with E-state index in [1.165, 1.54) is 0 Å². The Morgan fingerprint density at radius 1 is 0.930 bits per heavy atom. The van der Waals surface area contributed by atoms with E-state index >= 15 is 0 Å². The van der Waals surface area contributed by atoms with E-state index in [0.29, 0.717) is 61.0 Å². The molecule has 1 atom stereocenters. The predicted octanol–water partition coefficient (Wildman–Crippen LogP) is 5.18. The minimum absolute atomic E-state index is 0.0413. The van der Waals surface area contributed by atoms with Crippen LogP contribution in [0.25, 0.3) is 11.1 Å². The molecule has 43 heavy (non-hydrogen) atoms. The number of nitrogens with one attached hydrogen (secondary N) is 2. The van der Waals surface area contributed by atoms with E-state index < -0.39 is 10.0 Å². The smallest absolute Gasteiger partial charge is 0.241 e. The summed E-state index contributed by atoms with van der Waals surface area (Å²) in [5.41, 5.74) is 4.57. The summed E-state index contributed by atoms with van der Waals surface area (Å²) in [6, 6.07) is 20.2. The zero-order chi connectivity index (χ0) is 30.4. The minimum atomic E-state index is -3.16. The lowest BCUT2D eigenvalue weighted by Gasteiger charge is -2.34. The first-order valence-electron chi connectivity index (χ1n) is 15.0. The summed E-state index contributed by atoms with van der Waals surface area (Å²) in [7, 11) is -3.16. The normalized spacial score (nSPS) is 18.3. The van der Waals surface area contributed by atoms with E-state index in [-0.39, 0.29) is 23.5 Å². The molecule has 2 saturated heterocycles. The van der Waals surface area contributed by atoms with Crippen LogP contribution in [0.3, 0.4) is 0 Å². The lowest BCUT2D eigenvalue weighted by molar-refractivity contribution is -0.118. The number of anilines is 1. The van der Waals surface area contributed by atoms with Crippen molar-refractivity contribution in [2.45, 2.75) is 45.2 Å². The quantitative estimate of drug-likeness (QED) is 0.303. The van der Waals surface area contributed by atoms with Crippen LogP contribution >= 0.6 is 11.6 Å². The van der Waals surface area contributed by atoms with Gasteiger partial charge in [-0.2, -0.15) is 4.31 Å². The van der Waals surface area contributed by atoms with Crippen LogP contribution in [-0.4, -0.2) is 73.8 Å². The summed E-state index contributed by atoms with van der Waals surface area (Å²) >= 11 is 6.51. The molecule has 3 aromatic rings. The summed E-state index contributed by atoms with van der Waals surface area (Å²) in [5.74, 6) is 0.0878. The topological polar surface area (TPSA) is 98.8 Å². The van der Waals surface area contributed by atoms with Gasteiger partial charge in [0, 0.05) is 60.1 Å². The molecule has 3 aromatic carbocycles. The van der Waals surface area contributed by atoms with Crippen LogP contribution in [-0.2, 0) is 21.4 Å². The Kier molecular flexibility index (Phi) is 10.3. The number of hydrogen-bond acceptors (Lipinski definition) is 6. The molecule has 2 aliphatic rings. The molecule has 0 radical (unpaired) electrons. The third-order valence-electron chi connectivity index (χ3n) is 8.13. The molecule has 228 valence electrons. The molecular weight excluding hydrogens is 584 g/mol. The van der Waals surface area contributed by atoms with Gasteiger partial charge in [0.15, 0.2) is 5.78 Å². The fourth-order valence-corrected chi connectivity index (χ4v) is 7.39. The maximum atomic E-state index is 13.2. The second-order valence-electron chi connectivity index (χ2n) is 11.3. The van der Waals surface area contributed by atoms with E-state index in [4.69, 9.17) is 11.6 Å². The molecule has 10 heteroatoms. The number of ketones is 1. The Morgan fingerprint density at radius 3 is 2.23 bits per heavy atom. The maximum Gasteiger partial charge on any atom is 0.241 e. The lowest BCUT2D eigenvalue weighted by atomic mass is 9.98. The SMILES string of the molecule is CCCS(=O)(=O)N1CCN(Cc2ccc(C(=O)c3ccc(-c4cc(NC(=O)[C@H]5CCCCN5)ccc4Cl)cc3)cc2)CC1. The van der Waals surface area contributed by atoms with Gasteiger partial charge in [0.1, 0.15) is 0 Å². The van der Waals surface area contributed by atoms with Crippen molar-refractivity contribution in [3.8, 4) is 11.1 Å². The van der Waals surface area contributed by atoms with Crippen molar-refractivity contribution in [3.63, 3.8) is 0 Å². The number of rotatable bonds is 10. The molecule has 0 unspecified atom stereocenters. The van der Waals surface area contributed by atoms with Crippen molar-refractivity contribution < 1.29 is 18.0 Å². The van der Waals surface area contributed by atoms with Crippen LogP contribution in [0.1, 0.15) is 54.1 Å². The number of piperidine rings is 1. The third kappa shape index (κ3) is 7.91. The largest absolute Gasteiger partial charge is 0.325 e. The number of halogens is 1. The predicted molar refractivity (Wildman–Crippen MR) is 172 cm³/mol.